The second kappa shape index (κ2) is 6.56. The zero-order valence-electron chi connectivity index (χ0n) is 11.4. The molecule has 1 N–H and O–H groups in total. The molecule has 0 aliphatic heterocycles. The molecule has 2 rings (SSSR count). The average molecular weight is 398 g/mol. The molecular formula is C10H3ClF3N5O5S. The third-order valence-electron chi connectivity index (χ3n) is 2.58. The van der Waals surface area contributed by atoms with Crippen molar-refractivity contribution in [3.63, 3.8) is 0 Å². The minimum atomic E-state index is -4.77. The van der Waals surface area contributed by atoms with Gasteiger partial charge in [0.1, 0.15) is 0 Å². The normalized spacial score (nSPS) is 11.2. The molecule has 0 bridgehead atoms. The number of alkyl halides is 3. The molecule has 10 nitrogen and oxygen atoms in total. The first-order valence-corrected chi connectivity index (χ1v) is 7.04. The first-order chi connectivity index (χ1) is 11.5. The maximum absolute atomic E-state index is 12.4. The van der Waals surface area contributed by atoms with Crippen molar-refractivity contribution in [1.82, 2.24) is 10.2 Å². The number of carbonyl (C=O) groups excluding carboxylic acids is 1. The van der Waals surface area contributed by atoms with Gasteiger partial charge in [0.2, 0.25) is 10.1 Å². The number of nitro benzene ring substituents is 2. The molecule has 0 saturated heterocycles. The first-order valence-electron chi connectivity index (χ1n) is 5.85. The molecule has 0 aliphatic rings. The van der Waals surface area contributed by atoms with Crippen LogP contribution in [0.15, 0.2) is 12.1 Å². The van der Waals surface area contributed by atoms with Crippen LogP contribution in [-0.2, 0) is 6.18 Å². The van der Waals surface area contributed by atoms with Crippen molar-refractivity contribution >= 4 is 45.4 Å². The Labute approximate surface area is 143 Å². The SMILES string of the molecule is O=C(Nc1nnc(C(F)(F)F)s1)c1cc([N+](=O)[O-])c(Cl)c([N+](=O)[O-])c1. The van der Waals surface area contributed by atoms with Gasteiger partial charge in [-0.15, -0.1) is 10.2 Å². The molecule has 1 aromatic heterocycles. The fourth-order valence-electron chi connectivity index (χ4n) is 1.55. The fourth-order valence-corrected chi connectivity index (χ4v) is 2.40. The number of anilines is 1. The van der Waals surface area contributed by atoms with Gasteiger partial charge in [-0.3, -0.25) is 30.3 Å². The van der Waals surface area contributed by atoms with E-state index in [0.29, 0.717) is 12.1 Å². The molecular weight excluding hydrogens is 395 g/mol. The van der Waals surface area contributed by atoms with Crippen LogP contribution in [0.5, 0.6) is 0 Å². The van der Waals surface area contributed by atoms with Gasteiger partial charge >= 0.3 is 6.18 Å². The molecule has 1 heterocycles. The maximum atomic E-state index is 12.4. The van der Waals surface area contributed by atoms with Crippen LogP contribution in [-0.4, -0.2) is 26.0 Å². The second-order valence-corrected chi connectivity index (χ2v) is 5.56. The van der Waals surface area contributed by atoms with E-state index < -0.39 is 54.0 Å². The van der Waals surface area contributed by atoms with E-state index in [4.69, 9.17) is 11.6 Å². The summed E-state index contributed by atoms with van der Waals surface area (Å²) in [7, 11) is 0. The van der Waals surface area contributed by atoms with Crippen LogP contribution in [0.4, 0.5) is 29.7 Å². The molecule has 0 spiro atoms. The van der Waals surface area contributed by atoms with E-state index >= 15 is 0 Å². The molecule has 2 aromatic rings. The van der Waals surface area contributed by atoms with Crippen LogP contribution in [0.25, 0.3) is 0 Å². The molecule has 1 aromatic carbocycles. The van der Waals surface area contributed by atoms with Crippen molar-refractivity contribution < 1.29 is 27.8 Å². The van der Waals surface area contributed by atoms with E-state index in [9.17, 15) is 38.2 Å². The lowest BCUT2D eigenvalue weighted by atomic mass is 10.1. The standard InChI is InChI=1S/C10H3ClF3N5O5S/c11-6-4(18(21)22)1-3(2-5(6)19(23)24)7(20)15-9-17-16-8(25-9)10(12,13)14/h1-2H,(H,15,17,20). The van der Waals surface area contributed by atoms with Crippen LogP contribution in [0.1, 0.15) is 15.4 Å². The van der Waals surface area contributed by atoms with Crippen LogP contribution in [0.2, 0.25) is 5.02 Å². The third-order valence-corrected chi connectivity index (χ3v) is 3.85. The lowest BCUT2D eigenvalue weighted by Crippen LogP contribution is -2.12. The van der Waals surface area contributed by atoms with E-state index in [1.807, 2.05) is 5.32 Å². The highest BCUT2D eigenvalue weighted by atomic mass is 35.5. The molecule has 0 atom stereocenters. The molecule has 1 amide bonds. The molecule has 132 valence electrons. The third kappa shape index (κ3) is 3.97. The van der Waals surface area contributed by atoms with Crippen molar-refractivity contribution in [2.45, 2.75) is 6.18 Å². The molecule has 15 heteroatoms. The predicted octanol–water partition coefficient (Wildman–Crippen LogP) is 3.28. The highest BCUT2D eigenvalue weighted by Crippen LogP contribution is 2.36. The van der Waals surface area contributed by atoms with Crippen LogP contribution in [0, 0.1) is 20.2 Å². The summed E-state index contributed by atoms with van der Waals surface area (Å²) in [5, 5.41) is 26.9. The van der Waals surface area contributed by atoms with Gasteiger partial charge in [-0.2, -0.15) is 13.2 Å². The maximum Gasteiger partial charge on any atom is 0.445 e. The summed E-state index contributed by atoms with van der Waals surface area (Å²) in [4.78, 5) is 31.6. The van der Waals surface area contributed by atoms with Crippen LogP contribution in [0.3, 0.4) is 0 Å². The Morgan fingerprint density at radius 3 is 2.08 bits per heavy atom. The summed E-state index contributed by atoms with van der Waals surface area (Å²) in [6.07, 6.45) is -4.77. The smallest absolute Gasteiger partial charge is 0.296 e. The van der Waals surface area contributed by atoms with Gasteiger partial charge in [0, 0.05) is 12.1 Å². The number of halogens is 4. The van der Waals surface area contributed by atoms with Gasteiger partial charge in [0.15, 0.2) is 5.02 Å². The van der Waals surface area contributed by atoms with Gasteiger partial charge in [-0.1, -0.05) is 22.9 Å². The zero-order valence-corrected chi connectivity index (χ0v) is 13.0. The summed E-state index contributed by atoms with van der Waals surface area (Å²) in [5.41, 5.74) is -2.38. The minimum Gasteiger partial charge on any atom is -0.296 e. The lowest BCUT2D eigenvalue weighted by molar-refractivity contribution is -0.393. The topological polar surface area (TPSA) is 141 Å². The summed E-state index contributed by atoms with van der Waals surface area (Å²) in [6.45, 7) is 0. The highest BCUT2D eigenvalue weighted by Gasteiger charge is 2.36. The van der Waals surface area contributed by atoms with Crippen molar-refractivity contribution in [3.05, 3.63) is 48.0 Å². The Balaban J connectivity index is 2.37. The van der Waals surface area contributed by atoms with E-state index in [0.717, 1.165) is 0 Å². The lowest BCUT2D eigenvalue weighted by Gasteiger charge is -2.03. The number of carbonyl (C=O) groups is 1. The number of hydrogen-bond acceptors (Lipinski definition) is 8. The monoisotopic (exact) mass is 397 g/mol. The molecule has 0 aliphatic carbocycles. The van der Waals surface area contributed by atoms with Gasteiger partial charge < -0.3 is 0 Å². The molecule has 0 radical (unpaired) electrons. The molecule has 0 saturated carbocycles. The van der Waals surface area contributed by atoms with Gasteiger partial charge in [-0.25, -0.2) is 0 Å². The van der Waals surface area contributed by atoms with E-state index in [2.05, 4.69) is 10.2 Å². The van der Waals surface area contributed by atoms with Gasteiger partial charge in [-0.05, 0) is 0 Å². The molecule has 0 fully saturated rings. The summed E-state index contributed by atoms with van der Waals surface area (Å²) >= 11 is 5.54. The number of nitrogens with zero attached hydrogens (tertiary/aromatic N) is 4. The number of aromatic nitrogens is 2. The van der Waals surface area contributed by atoms with Crippen LogP contribution >= 0.6 is 22.9 Å². The zero-order chi connectivity index (χ0) is 18.9. The Bertz CT molecular complexity index is 851. The number of nitro groups is 2. The Morgan fingerprint density at radius 2 is 1.68 bits per heavy atom. The Morgan fingerprint density at radius 1 is 1.16 bits per heavy atom. The van der Waals surface area contributed by atoms with Gasteiger partial charge in [0.25, 0.3) is 17.3 Å². The number of rotatable bonds is 4. The Hall–Kier alpha value is -2.87. The minimum absolute atomic E-state index is 0.0140. The fraction of sp³-hybridized carbons (Fsp3) is 0.100. The van der Waals surface area contributed by atoms with Crippen molar-refractivity contribution in [1.29, 1.82) is 0 Å². The highest BCUT2D eigenvalue weighted by molar-refractivity contribution is 7.15. The van der Waals surface area contributed by atoms with Crippen molar-refractivity contribution in [2.24, 2.45) is 0 Å². The van der Waals surface area contributed by atoms with Crippen molar-refractivity contribution in [2.75, 3.05) is 5.32 Å². The number of nitrogens with one attached hydrogen (secondary N) is 1. The first kappa shape index (κ1) is 18.5. The van der Waals surface area contributed by atoms with E-state index in [1.165, 1.54) is 0 Å². The Kier molecular flexibility index (Phi) is 4.85. The second-order valence-electron chi connectivity index (χ2n) is 4.21. The number of hydrogen-bond donors (Lipinski definition) is 1. The molecule has 0 unspecified atom stereocenters. The summed E-state index contributed by atoms with van der Waals surface area (Å²) in [5.74, 6) is -1.16. The molecule has 25 heavy (non-hydrogen) atoms. The summed E-state index contributed by atoms with van der Waals surface area (Å²) < 4.78 is 37.3. The van der Waals surface area contributed by atoms with E-state index in [1.54, 1.807) is 0 Å². The summed E-state index contributed by atoms with van der Waals surface area (Å²) in [6, 6.07) is 1.30. The average Bonchev–Trinajstić information content (AvgIpc) is 2.95. The van der Waals surface area contributed by atoms with Crippen LogP contribution < -0.4 is 5.32 Å². The largest absolute Gasteiger partial charge is 0.445 e. The number of benzene rings is 1. The van der Waals surface area contributed by atoms with Crippen molar-refractivity contribution in [3.8, 4) is 0 Å². The quantitative estimate of drug-likeness (QED) is 0.616. The predicted molar refractivity (Wildman–Crippen MR) is 77.6 cm³/mol. The van der Waals surface area contributed by atoms with Gasteiger partial charge in [0.05, 0.1) is 15.4 Å². The van der Waals surface area contributed by atoms with E-state index in [-0.39, 0.29) is 11.3 Å². The number of amides is 1.